The van der Waals surface area contributed by atoms with Crippen LogP contribution in [0.5, 0.6) is 0 Å². The minimum absolute atomic E-state index is 0.357. The molecule has 1 unspecified atom stereocenters. The lowest BCUT2D eigenvalue weighted by Crippen LogP contribution is -2.01. The normalized spacial score (nSPS) is 12.5. The van der Waals surface area contributed by atoms with Gasteiger partial charge in [-0.3, -0.25) is 0 Å². The highest BCUT2D eigenvalue weighted by molar-refractivity contribution is 7.98. The van der Waals surface area contributed by atoms with Crippen LogP contribution in [-0.4, -0.2) is 21.0 Å². The van der Waals surface area contributed by atoms with E-state index < -0.39 is 6.10 Å². The van der Waals surface area contributed by atoms with E-state index in [-0.39, 0.29) is 0 Å². The van der Waals surface area contributed by atoms with Gasteiger partial charge in [0.2, 0.25) is 5.89 Å². The lowest BCUT2D eigenvalue weighted by molar-refractivity contribution is 0.164. The molecule has 1 atom stereocenters. The van der Waals surface area contributed by atoms with Crippen molar-refractivity contribution in [2.24, 2.45) is 0 Å². The fourth-order valence-corrected chi connectivity index (χ4v) is 2.43. The molecule has 19 heavy (non-hydrogen) atoms. The van der Waals surface area contributed by atoms with Crippen molar-refractivity contribution in [3.8, 4) is 0 Å². The molecule has 5 heteroatoms. The Hall–Kier alpha value is -1.33. The van der Waals surface area contributed by atoms with Gasteiger partial charge in [-0.2, -0.15) is 16.7 Å². The topological polar surface area (TPSA) is 59.2 Å². The second-order valence-corrected chi connectivity index (χ2v) is 5.39. The molecule has 0 fully saturated rings. The fraction of sp³-hybridized carbons (Fsp3) is 0.429. The number of aliphatic hydroxyl groups is 1. The SMILES string of the molecule is CCCSCc1noc(CC(O)c2ccccc2)n1. The van der Waals surface area contributed by atoms with Gasteiger partial charge in [0, 0.05) is 0 Å². The first-order valence-corrected chi connectivity index (χ1v) is 7.57. The third-order valence-electron chi connectivity index (χ3n) is 2.64. The van der Waals surface area contributed by atoms with E-state index in [2.05, 4.69) is 17.1 Å². The number of rotatable bonds is 7. The number of aliphatic hydroxyl groups excluding tert-OH is 1. The van der Waals surface area contributed by atoms with Gasteiger partial charge in [-0.25, -0.2) is 0 Å². The van der Waals surface area contributed by atoms with Crippen molar-refractivity contribution in [2.45, 2.75) is 31.6 Å². The Morgan fingerprint density at radius 3 is 2.84 bits per heavy atom. The van der Waals surface area contributed by atoms with Crippen LogP contribution in [0.1, 0.15) is 36.7 Å². The van der Waals surface area contributed by atoms with Crippen molar-refractivity contribution in [3.05, 3.63) is 47.6 Å². The second kappa shape index (κ2) is 7.31. The van der Waals surface area contributed by atoms with Crippen molar-refractivity contribution >= 4 is 11.8 Å². The zero-order valence-corrected chi connectivity index (χ0v) is 11.8. The molecule has 1 aromatic carbocycles. The Kier molecular flexibility index (Phi) is 5.42. The maximum atomic E-state index is 10.1. The Labute approximate surface area is 117 Å². The third kappa shape index (κ3) is 4.36. The third-order valence-corrected chi connectivity index (χ3v) is 3.80. The Balaban J connectivity index is 1.89. The fourth-order valence-electron chi connectivity index (χ4n) is 1.70. The largest absolute Gasteiger partial charge is 0.388 e. The van der Waals surface area contributed by atoms with Crippen LogP contribution in [0.3, 0.4) is 0 Å². The van der Waals surface area contributed by atoms with Gasteiger partial charge < -0.3 is 9.63 Å². The summed E-state index contributed by atoms with van der Waals surface area (Å²) in [6.07, 6.45) is 0.898. The van der Waals surface area contributed by atoms with Crippen LogP contribution in [0.4, 0.5) is 0 Å². The number of thioether (sulfide) groups is 1. The summed E-state index contributed by atoms with van der Waals surface area (Å²) in [6.45, 7) is 2.14. The van der Waals surface area contributed by atoms with Crippen LogP contribution in [0, 0.1) is 0 Å². The van der Waals surface area contributed by atoms with Crippen LogP contribution in [0.15, 0.2) is 34.9 Å². The maximum Gasteiger partial charge on any atom is 0.229 e. The van der Waals surface area contributed by atoms with E-state index in [4.69, 9.17) is 4.52 Å². The molecule has 0 saturated heterocycles. The quantitative estimate of drug-likeness (QED) is 0.789. The zero-order chi connectivity index (χ0) is 13.5. The highest BCUT2D eigenvalue weighted by Gasteiger charge is 2.13. The molecule has 1 aromatic heterocycles. The molecule has 0 amide bonds. The molecule has 0 spiro atoms. The van der Waals surface area contributed by atoms with E-state index in [9.17, 15) is 5.11 Å². The molecule has 0 bridgehead atoms. The highest BCUT2D eigenvalue weighted by atomic mass is 32.2. The molecule has 0 radical (unpaired) electrons. The van der Waals surface area contributed by atoms with Crippen molar-refractivity contribution in [1.29, 1.82) is 0 Å². The summed E-state index contributed by atoms with van der Waals surface area (Å²) in [5, 5.41) is 14.0. The second-order valence-electron chi connectivity index (χ2n) is 4.29. The van der Waals surface area contributed by atoms with Gasteiger partial charge in [0.1, 0.15) is 0 Å². The summed E-state index contributed by atoms with van der Waals surface area (Å²) >= 11 is 1.79. The van der Waals surface area contributed by atoms with Gasteiger partial charge in [-0.15, -0.1) is 0 Å². The Morgan fingerprint density at radius 2 is 2.11 bits per heavy atom. The number of nitrogens with zero attached hydrogens (tertiary/aromatic N) is 2. The molecular weight excluding hydrogens is 260 g/mol. The molecule has 0 aliphatic carbocycles. The van der Waals surface area contributed by atoms with Crippen LogP contribution in [0.2, 0.25) is 0 Å². The van der Waals surface area contributed by atoms with E-state index >= 15 is 0 Å². The van der Waals surface area contributed by atoms with Crippen molar-refractivity contribution in [3.63, 3.8) is 0 Å². The predicted molar refractivity (Wildman–Crippen MR) is 75.9 cm³/mol. The van der Waals surface area contributed by atoms with Crippen molar-refractivity contribution in [2.75, 3.05) is 5.75 Å². The number of aromatic nitrogens is 2. The smallest absolute Gasteiger partial charge is 0.229 e. The Bertz CT molecular complexity index is 487. The molecule has 4 nitrogen and oxygen atoms in total. The van der Waals surface area contributed by atoms with Gasteiger partial charge >= 0.3 is 0 Å². The van der Waals surface area contributed by atoms with Gasteiger partial charge in [-0.1, -0.05) is 42.4 Å². The summed E-state index contributed by atoms with van der Waals surface area (Å²) in [5.41, 5.74) is 0.864. The molecule has 0 saturated carbocycles. The lowest BCUT2D eigenvalue weighted by atomic mass is 10.1. The molecule has 0 aliphatic rings. The van der Waals surface area contributed by atoms with Gasteiger partial charge in [0.05, 0.1) is 18.3 Å². The number of hydrogen-bond donors (Lipinski definition) is 1. The molecule has 2 aromatic rings. The van der Waals surface area contributed by atoms with Crippen LogP contribution in [-0.2, 0) is 12.2 Å². The predicted octanol–water partition coefficient (Wildman–Crippen LogP) is 2.99. The maximum absolute atomic E-state index is 10.1. The van der Waals surface area contributed by atoms with Gasteiger partial charge in [0.15, 0.2) is 5.82 Å². The first kappa shape index (κ1) is 14.1. The number of hydrogen-bond acceptors (Lipinski definition) is 5. The summed E-state index contributed by atoms with van der Waals surface area (Å²) in [5.74, 6) is 3.05. The molecule has 1 heterocycles. The Morgan fingerprint density at radius 1 is 1.32 bits per heavy atom. The summed E-state index contributed by atoms with van der Waals surface area (Å²) in [6, 6.07) is 9.50. The molecule has 2 rings (SSSR count). The summed E-state index contributed by atoms with van der Waals surface area (Å²) in [4.78, 5) is 4.29. The summed E-state index contributed by atoms with van der Waals surface area (Å²) in [7, 11) is 0. The van der Waals surface area contributed by atoms with Crippen molar-refractivity contribution < 1.29 is 9.63 Å². The minimum atomic E-state index is -0.599. The average molecular weight is 278 g/mol. The van der Waals surface area contributed by atoms with Crippen molar-refractivity contribution in [1.82, 2.24) is 10.1 Å². The first-order valence-electron chi connectivity index (χ1n) is 6.41. The molecule has 102 valence electrons. The van der Waals surface area contributed by atoms with Gasteiger partial charge in [-0.05, 0) is 17.7 Å². The minimum Gasteiger partial charge on any atom is -0.388 e. The van der Waals surface area contributed by atoms with E-state index in [1.54, 1.807) is 11.8 Å². The average Bonchev–Trinajstić information content (AvgIpc) is 2.88. The molecular formula is C14H18N2O2S. The van der Waals surface area contributed by atoms with Crippen LogP contribution < -0.4 is 0 Å². The zero-order valence-electron chi connectivity index (χ0n) is 11.0. The van der Waals surface area contributed by atoms with Gasteiger partial charge in [0.25, 0.3) is 0 Å². The summed E-state index contributed by atoms with van der Waals surface area (Å²) < 4.78 is 5.15. The molecule has 1 N–H and O–H groups in total. The molecule has 0 aliphatic heterocycles. The van der Waals surface area contributed by atoms with Crippen LogP contribution in [0.25, 0.3) is 0 Å². The standard InChI is InChI=1S/C14H18N2O2S/c1-2-8-19-10-13-15-14(18-16-13)9-12(17)11-6-4-3-5-7-11/h3-7,12,17H,2,8-10H2,1H3. The first-order chi connectivity index (χ1) is 9.29. The number of benzene rings is 1. The van der Waals surface area contributed by atoms with E-state index in [1.165, 1.54) is 0 Å². The highest BCUT2D eigenvalue weighted by Crippen LogP contribution is 2.18. The van der Waals surface area contributed by atoms with E-state index in [0.717, 1.165) is 23.5 Å². The lowest BCUT2D eigenvalue weighted by Gasteiger charge is -2.07. The van der Waals surface area contributed by atoms with E-state index in [0.29, 0.717) is 18.1 Å². The monoisotopic (exact) mass is 278 g/mol. The van der Waals surface area contributed by atoms with E-state index in [1.807, 2.05) is 30.3 Å². The van der Waals surface area contributed by atoms with Crippen LogP contribution >= 0.6 is 11.8 Å².